The first-order valence-electron chi connectivity index (χ1n) is 9.32. The molecule has 2 atom stereocenters. The maximum Gasteiger partial charge on any atom is 0.282 e. The smallest absolute Gasteiger partial charge is 0.282 e. The molecule has 4 aromatic rings. The number of piperidine rings is 1. The third-order valence-electron chi connectivity index (χ3n) is 5.32. The number of para-hydroxylation sites is 1. The quantitative estimate of drug-likeness (QED) is 0.593. The highest BCUT2D eigenvalue weighted by atomic mass is 32.1. The van der Waals surface area contributed by atoms with Gasteiger partial charge in [-0.05, 0) is 37.1 Å². The zero-order chi connectivity index (χ0) is 18.2. The second-order valence-corrected chi connectivity index (χ2v) is 8.11. The van der Waals surface area contributed by atoms with Crippen molar-refractivity contribution in [3.63, 3.8) is 0 Å². The Labute approximate surface area is 160 Å². The number of nitrogens with one attached hydrogen (secondary N) is 1. The number of likely N-dealkylation sites (tertiary alicyclic amines) is 1. The topological polar surface area (TPSA) is 65.1 Å². The highest BCUT2D eigenvalue weighted by molar-refractivity contribution is 7.18. The van der Waals surface area contributed by atoms with Crippen LogP contribution >= 0.6 is 11.3 Å². The number of hydrogen-bond donors (Lipinski definition) is 1. The van der Waals surface area contributed by atoms with E-state index in [1.54, 1.807) is 11.3 Å². The molecule has 1 aliphatic rings. The van der Waals surface area contributed by atoms with Gasteiger partial charge >= 0.3 is 0 Å². The van der Waals surface area contributed by atoms with Crippen LogP contribution in [0.15, 0.2) is 53.3 Å². The van der Waals surface area contributed by atoms with Gasteiger partial charge in [0.2, 0.25) is 0 Å². The van der Waals surface area contributed by atoms with Crippen LogP contribution in [0.2, 0.25) is 0 Å². The highest BCUT2D eigenvalue weighted by Crippen LogP contribution is 2.28. The zero-order valence-electron chi connectivity index (χ0n) is 14.8. The molecule has 1 N–H and O–H groups in total. The molecule has 0 radical (unpaired) electrons. The van der Waals surface area contributed by atoms with Crippen molar-refractivity contribution in [2.75, 3.05) is 6.54 Å². The van der Waals surface area contributed by atoms with Crippen LogP contribution in [0.25, 0.3) is 21.1 Å². The number of hydrogen-bond acceptors (Lipinski definition) is 5. The molecule has 1 unspecified atom stereocenters. The minimum atomic E-state index is -0.0678. The maximum absolute atomic E-state index is 12.8. The average Bonchev–Trinajstić information content (AvgIpc) is 3.15. The first-order chi connectivity index (χ1) is 13.3. The number of quaternary nitrogens is 1. The maximum atomic E-state index is 12.8. The zero-order valence-corrected chi connectivity index (χ0v) is 15.7. The summed E-state index contributed by atoms with van der Waals surface area (Å²) in [5, 5.41) is 10.2. The van der Waals surface area contributed by atoms with Crippen molar-refractivity contribution in [3.8, 4) is 0 Å². The van der Waals surface area contributed by atoms with E-state index in [1.165, 1.54) is 20.7 Å². The summed E-state index contributed by atoms with van der Waals surface area (Å²) >= 11 is 1.77. The lowest BCUT2D eigenvalue weighted by Crippen LogP contribution is -3.12. The highest BCUT2D eigenvalue weighted by Gasteiger charge is 2.31. The van der Waals surface area contributed by atoms with Crippen LogP contribution < -0.4 is 10.5 Å². The molecule has 0 saturated carbocycles. The standard InChI is InChI=1S/C20H19N5OS/c26-20-14-7-1-2-8-15(14)22-23-25(20)13-24-12-6-5-10-17(24)19-21-16-9-3-4-11-18(16)27-19/h1-4,7-9,11,17H,5-6,10,12-13H2/p+1/t17-/m0/s1. The Hall–Kier alpha value is -2.64. The number of fused-ring (bicyclic) bond motifs is 2. The molecule has 5 rings (SSSR count). The van der Waals surface area contributed by atoms with Crippen LogP contribution in [0, 0.1) is 0 Å². The van der Waals surface area contributed by atoms with Crippen LogP contribution in [0.4, 0.5) is 0 Å². The summed E-state index contributed by atoms with van der Waals surface area (Å²) in [5.41, 5.74) is 1.64. The molecule has 6 nitrogen and oxygen atoms in total. The number of nitrogens with zero attached hydrogens (tertiary/aromatic N) is 4. The SMILES string of the molecule is O=c1c2ccccc2nnn1C[NH+]1CCCC[C@H]1c1nc2ccccc2s1. The van der Waals surface area contributed by atoms with Gasteiger partial charge in [0.1, 0.15) is 11.6 Å². The van der Waals surface area contributed by atoms with Crippen molar-refractivity contribution >= 4 is 32.5 Å². The second kappa shape index (κ2) is 6.83. The lowest BCUT2D eigenvalue weighted by atomic mass is 10.0. The lowest BCUT2D eigenvalue weighted by Gasteiger charge is -2.30. The number of thiazole rings is 1. The van der Waals surface area contributed by atoms with Crippen LogP contribution in [0.5, 0.6) is 0 Å². The molecule has 7 heteroatoms. The van der Waals surface area contributed by atoms with Gasteiger partial charge in [-0.25, -0.2) is 4.98 Å². The molecule has 136 valence electrons. The van der Waals surface area contributed by atoms with Gasteiger partial charge in [-0.15, -0.1) is 16.4 Å². The summed E-state index contributed by atoms with van der Waals surface area (Å²) in [6, 6.07) is 16.0. The molecular formula is C20H20N5OS+. The Balaban J connectivity index is 1.49. The Bertz CT molecular complexity index is 1130. The molecule has 3 heterocycles. The van der Waals surface area contributed by atoms with Crippen molar-refractivity contribution < 1.29 is 4.90 Å². The molecule has 1 saturated heterocycles. The monoisotopic (exact) mass is 378 g/mol. The van der Waals surface area contributed by atoms with Crippen molar-refractivity contribution in [2.24, 2.45) is 0 Å². The van der Waals surface area contributed by atoms with E-state index in [9.17, 15) is 4.79 Å². The average molecular weight is 378 g/mol. The molecule has 0 spiro atoms. The predicted molar refractivity (Wildman–Crippen MR) is 106 cm³/mol. The van der Waals surface area contributed by atoms with Gasteiger partial charge in [-0.1, -0.05) is 29.5 Å². The van der Waals surface area contributed by atoms with Crippen LogP contribution in [0.3, 0.4) is 0 Å². The van der Waals surface area contributed by atoms with Crippen LogP contribution in [-0.4, -0.2) is 26.5 Å². The first kappa shape index (κ1) is 16.5. The van der Waals surface area contributed by atoms with Gasteiger partial charge in [0.15, 0.2) is 11.7 Å². The fourth-order valence-corrected chi connectivity index (χ4v) is 5.09. The summed E-state index contributed by atoms with van der Waals surface area (Å²) in [5.74, 6) is 0. The summed E-state index contributed by atoms with van der Waals surface area (Å²) < 4.78 is 2.74. The molecule has 1 fully saturated rings. The van der Waals surface area contributed by atoms with E-state index in [4.69, 9.17) is 4.98 Å². The third-order valence-corrected chi connectivity index (χ3v) is 6.47. The summed E-state index contributed by atoms with van der Waals surface area (Å²) in [6.07, 6.45) is 3.44. The van der Waals surface area contributed by atoms with Crippen LogP contribution in [0.1, 0.15) is 30.3 Å². The fourth-order valence-electron chi connectivity index (χ4n) is 3.92. The van der Waals surface area contributed by atoms with Crippen molar-refractivity contribution in [1.29, 1.82) is 0 Å². The van der Waals surface area contributed by atoms with E-state index in [0.717, 1.165) is 29.9 Å². The molecule has 1 aliphatic heterocycles. The molecule has 2 aromatic carbocycles. The molecule has 2 aromatic heterocycles. The molecule has 27 heavy (non-hydrogen) atoms. The molecule has 0 aliphatic carbocycles. The minimum Gasteiger partial charge on any atom is -0.308 e. The largest absolute Gasteiger partial charge is 0.308 e. The number of benzene rings is 2. The molecular weight excluding hydrogens is 358 g/mol. The third kappa shape index (κ3) is 3.02. The Morgan fingerprint density at radius 1 is 1.07 bits per heavy atom. The minimum absolute atomic E-state index is 0.0678. The van der Waals surface area contributed by atoms with E-state index < -0.39 is 0 Å². The van der Waals surface area contributed by atoms with Gasteiger partial charge in [-0.2, -0.15) is 4.68 Å². The van der Waals surface area contributed by atoms with Crippen LogP contribution in [-0.2, 0) is 6.67 Å². The fraction of sp³-hybridized carbons (Fsp3) is 0.300. The van der Waals surface area contributed by atoms with Crippen molar-refractivity contribution in [1.82, 2.24) is 20.0 Å². The lowest BCUT2D eigenvalue weighted by molar-refractivity contribution is -0.959. The van der Waals surface area contributed by atoms with Crippen molar-refractivity contribution in [3.05, 3.63) is 63.9 Å². The number of rotatable bonds is 3. The predicted octanol–water partition coefficient (Wildman–Crippen LogP) is 2.17. The van der Waals surface area contributed by atoms with Gasteiger partial charge < -0.3 is 4.90 Å². The Morgan fingerprint density at radius 3 is 2.78 bits per heavy atom. The van der Waals surface area contributed by atoms with Gasteiger partial charge in [0.05, 0.1) is 22.1 Å². The van der Waals surface area contributed by atoms with E-state index >= 15 is 0 Å². The molecule has 0 amide bonds. The van der Waals surface area contributed by atoms with Gasteiger partial charge in [-0.3, -0.25) is 4.79 Å². The number of aromatic nitrogens is 4. The van der Waals surface area contributed by atoms with Gasteiger partial charge in [0, 0.05) is 6.42 Å². The Kier molecular flexibility index (Phi) is 4.18. The van der Waals surface area contributed by atoms with Gasteiger partial charge in [0.25, 0.3) is 5.56 Å². The Morgan fingerprint density at radius 2 is 1.89 bits per heavy atom. The summed E-state index contributed by atoms with van der Waals surface area (Å²) in [4.78, 5) is 19.0. The normalized spacial score (nSPS) is 20.3. The van der Waals surface area contributed by atoms with E-state index in [-0.39, 0.29) is 5.56 Å². The summed E-state index contributed by atoms with van der Waals surface area (Å²) in [7, 11) is 0. The molecule has 0 bridgehead atoms. The van der Waals surface area contributed by atoms with E-state index in [1.807, 2.05) is 30.3 Å². The van der Waals surface area contributed by atoms with E-state index in [0.29, 0.717) is 23.6 Å². The second-order valence-electron chi connectivity index (χ2n) is 7.05. The van der Waals surface area contributed by atoms with E-state index in [2.05, 4.69) is 28.5 Å². The first-order valence-corrected chi connectivity index (χ1v) is 10.1. The summed E-state index contributed by atoms with van der Waals surface area (Å²) in [6.45, 7) is 1.54. The van der Waals surface area contributed by atoms with Crippen molar-refractivity contribution in [2.45, 2.75) is 32.0 Å².